The lowest BCUT2D eigenvalue weighted by Crippen LogP contribution is -2.54. The van der Waals surface area contributed by atoms with Gasteiger partial charge in [0.2, 0.25) is 0 Å². The van der Waals surface area contributed by atoms with Crippen molar-refractivity contribution in [2.75, 3.05) is 26.6 Å². The van der Waals surface area contributed by atoms with Crippen LogP contribution < -0.4 is 0 Å². The predicted octanol–water partition coefficient (Wildman–Crippen LogP) is 6.84. The Morgan fingerprint density at radius 3 is 2.66 bits per heavy atom. The quantitative estimate of drug-likeness (QED) is 0.215. The normalized spacial score (nSPS) is 32.6. The van der Waals surface area contributed by atoms with Crippen LogP contribution in [0.3, 0.4) is 0 Å². The van der Waals surface area contributed by atoms with E-state index >= 15 is 0 Å². The van der Waals surface area contributed by atoms with Crippen molar-refractivity contribution >= 4 is 29.1 Å². The maximum Gasteiger partial charge on any atom is 0.393 e. The smallest absolute Gasteiger partial charge is 0.382 e. The van der Waals surface area contributed by atoms with Crippen molar-refractivity contribution < 1.29 is 23.9 Å². The van der Waals surface area contributed by atoms with Gasteiger partial charge in [0.15, 0.2) is 5.78 Å². The molecule has 5 atom stereocenters. The van der Waals surface area contributed by atoms with E-state index < -0.39 is 5.30 Å². The number of ketones is 1. The number of rotatable bonds is 7. The molecule has 0 radical (unpaired) electrons. The van der Waals surface area contributed by atoms with Crippen molar-refractivity contribution in [3.05, 3.63) is 58.2 Å². The third-order valence-corrected chi connectivity index (χ3v) is 10.3. The Balaban J connectivity index is 1.52. The molecule has 0 bridgehead atoms. The van der Waals surface area contributed by atoms with Gasteiger partial charge in [0, 0.05) is 37.7 Å². The van der Waals surface area contributed by atoms with E-state index in [2.05, 4.69) is 24.2 Å². The van der Waals surface area contributed by atoms with Crippen LogP contribution in [-0.2, 0) is 19.1 Å². The molecule has 0 N–H and O–H groups in total. The van der Waals surface area contributed by atoms with E-state index in [4.69, 9.17) is 14.3 Å². The summed E-state index contributed by atoms with van der Waals surface area (Å²) in [6.45, 7) is 4.93. The van der Waals surface area contributed by atoms with Gasteiger partial charge in [-0.15, -0.1) is 0 Å². The summed E-state index contributed by atoms with van der Waals surface area (Å²) in [5.41, 5.74) is 6.12. The van der Waals surface area contributed by atoms with Gasteiger partial charge in [0.05, 0.1) is 18.4 Å². The Kier molecular flexibility index (Phi) is 7.99. The molecule has 0 unspecified atom stereocenters. The first-order chi connectivity index (χ1) is 18.4. The molecule has 7 heteroatoms. The maximum atomic E-state index is 12.3. The topological polar surface area (TPSA) is 74.2 Å². The van der Waals surface area contributed by atoms with Crippen molar-refractivity contribution in [1.29, 1.82) is 0 Å². The number of methoxy groups -OCH3 is 2. The zero-order valence-corrected chi connectivity index (χ0v) is 23.8. The van der Waals surface area contributed by atoms with Gasteiger partial charge >= 0.3 is 5.30 Å². The molecule has 0 spiro atoms. The van der Waals surface area contributed by atoms with E-state index in [0.29, 0.717) is 30.6 Å². The first kappa shape index (κ1) is 27.4. The lowest BCUT2D eigenvalue weighted by molar-refractivity contribution is -0.149. The summed E-state index contributed by atoms with van der Waals surface area (Å²) in [6.07, 6.45) is 10.2. The minimum Gasteiger partial charge on any atom is -0.382 e. The second kappa shape index (κ2) is 11.1. The van der Waals surface area contributed by atoms with Gasteiger partial charge in [-0.2, -0.15) is 0 Å². The number of allylic oxidation sites excluding steroid dienone is 4. The first-order valence-corrected chi connectivity index (χ1v) is 14.8. The van der Waals surface area contributed by atoms with E-state index in [1.54, 1.807) is 18.9 Å². The molecule has 0 aromatic heterocycles. The van der Waals surface area contributed by atoms with Gasteiger partial charge in [0.1, 0.15) is 0 Å². The molecule has 204 valence electrons. The molecule has 0 amide bonds. The maximum absolute atomic E-state index is 12.3. The number of thioether (sulfide) groups is 1. The summed E-state index contributed by atoms with van der Waals surface area (Å²) >= 11 is 1.09. The number of carbonyl (C=O) groups excluding carboxylic acids is 2. The summed E-state index contributed by atoms with van der Waals surface area (Å²) in [4.78, 5) is 28.8. The molecule has 2 saturated carbocycles. The number of nitrogens with zero attached hydrogens (tertiary/aromatic N) is 1. The SMILES string of the molecule is CCSC(=O)ON=Cc1ccc([C@H]2C[C@@]3(C)[C@@H](CC[C@]3(COC)OC)[C@@H]3CCC4=CC(=O)CCC4=C32)cc1. The number of ether oxygens (including phenoxy) is 2. The van der Waals surface area contributed by atoms with Crippen LogP contribution in [0.15, 0.2) is 52.2 Å². The minimum atomic E-state index is -0.397. The van der Waals surface area contributed by atoms with Crippen LogP contribution in [0.25, 0.3) is 0 Å². The second-order valence-electron chi connectivity index (χ2n) is 11.3. The molecule has 5 rings (SSSR count). The number of benzene rings is 1. The molecular formula is C31H39NO5S. The van der Waals surface area contributed by atoms with Crippen molar-refractivity contribution in [1.82, 2.24) is 0 Å². The zero-order chi connectivity index (χ0) is 26.9. The van der Waals surface area contributed by atoms with E-state index in [1.165, 1.54) is 16.7 Å². The summed E-state index contributed by atoms with van der Waals surface area (Å²) in [5, 5.41) is 3.46. The van der Waals surface area contributed by atoms with Gasteiger partial charge in [-0.05, 0) is 90.5 Å². The lowest BCUT2D eigenvalue weighted by atomic mass is 9.51. The molecule has 4 aliphatic rings. The number of hydrogen-bond acceptors (Lipinski definition) is 7. The van der Waals surface area contributed by atoms with E-state index in [9.17, 15) is 9.59 Å². The molecule has 38 heavy (non-hydrogen) atoms. The van der Waals surface area contributed by atoms with E-state index in [1.807, 2.05) is 32.2 Å². The van der Waals surface area contributed by atoms with Crippen LogP contribution in [0.2, 0.25) is 0 Å². The molecule has 1 aromatic carbocycles. The fourth-order valence-electron chi connectivity index (χ4n) is 7.99. The largest absolute Gasteiger partial charge is 0.393 e. The van der Waals surface area contributed by atoms with Gasteiger partial charge in [-0.1, -0.05) is 48.8 Å². The van der Waals surface area contributed by atoms with Crippen LogP contribution in [0, 0.1) is 17.3 Å². The van der Waals surface area contributed by atoms with Crippen LogP contribution in [0.1, 0.15) is 75.8 Å². The van der Waals surface area contributed by atoms with E-state index in [-0.39, 0.29) is 22.7 Å². The highest BCUT2D eigenvalue weighted by Crippen LogP contribution is 2.67. The van der Waals surface area contributed by atoms with Crippen LogP contribution in [-0.4, -0.2) is 49.5 Å². The molecule has 1 aromatic rings. The zero-order valence-electron chi connectivity index (χ0n) is 23.0. The average Bonchev–Trinajstić information content (AvgIpc) is 3.20. The Labute approximate surface area is 230 Å². The van der Waals surface area contributed by atoms with Crippen LogP contribution in [0.5, 0.6) is 0 Å². The van der Waals surface area contributed by atoms with Crippen LogP contribution in [0.4, 0.5) is 4.79 Å². The average molecular weight is 538 g/mol. The Bertz CT molecular complexity index is 1170. The number of hydrogen-bond donors (Lipinski definition) is 0. The second-order valence-corrected chi connectivity index (χ2v) is 12.5. The Morgan fingerprint density at radius 1 is 1.16 bits per heavy atom. The summed E-state index contributed by atoms with van der Waals surface area (Å²) in [5.74, 6) is 2.20. The van der Waals surface area contributed by atoms with Gasteiger partial charge < -0.3 is 14.3 Å². The Hall–Kier alpha value is -2.22. The Morgan fingerprint density at radius 2 is 1.95 bits per heavy atom. The van der Waals surface area contributed by atoms with Crippen molar-refractivity contribution in [3.63, 3.8) is 0 Å². The lowest BCUT2D eigenvalue weighted by Gasteiger charge is -2.55. The van der Waals surface area contributed by atoms with Gasteiger partial charge in [-0.25, -0.2) is 4.79 Å². The van der Waals surface area contributed by atoms with Gasteiger partial charge in [-0.3, -0.25) is 4.79 Å². The molecule has 0 saturated heterocycles. The third kappa shape index (κ3) is 4.71. The highest BCUT2D eigenvalue weighted by molar-refractivity contribution is 8.13. The number of fused-ring (bicyclic) bond motifs is 4. The molecule has 0 heterocycles. The highest BCUT2D eigenvalue weighted by Gasteiger charge is 2.63. The van der Waals surface area contributed by atoms with E-state index in [0.717, 1.165) is 55.9 Å². The molecule has 6 nitrogen and oxygen atoms in total. The highest BCUT2D eigenvalue weighted by atomic mass is 32.2. The predicted molar refractivity (Wildman–Crippen MR) is 151 cm³/mol. The summed E-state index contributed by atoms with van der Waals surface area (Å²) < 4.78 is 12.1. The first-order valence-electron chi connectivity index (χ1n) is 13.8. The fourth-order valence-corrected chi connectivity index (χ4v) is 8.32. The monoisotopic (exact) mass is 537 g/mol. The number of carbonyl (C=O) groups is 2. The van der Waals surface area contributed by atoms with Crippen molar-refractivity contribution in [3.8, 4) is 0 Å². The minimum absolute atomic E-state index is 0.0197. The fraction of sp³-hybridized carbons (Fsp3) is 0.581. The molecule has 2 fully saturated rings. The van der Waals surface area contributed by atoms with Crippen molar-refractivity contribution in [2.24, 2.45) is 22.4 Å². The van der Waals surface area contributed by atoms with Crippen LogP contribution >= 0.6 is 11.8 Å². The molecule has 4 aliphatic carbocycles. The standard InChI is InChI=1S/C31H39NO5S/c1-5-38-29(34)37-32-18-20-6-8-21(9-7-20)26-17-30(2)27(14-15-31(30,36-4)19-35-3)25-12-10-22-16-23(33)11-13-24(22)28(25)26/h6-9,16,18,25-27H,5,10-15,17,19H2,1-4H3/t25-,26+,27-,30-,31+/m0/s1. The summed E-state index contributed by atoms with van der Waals surface area (Å²) in [7, 11) is 3.63. The molecule has 0 aliphatic heterocycles. The third-order valence-electron chi connectivity index (χ3n) is 9.72. The van der Waals surface area contributed by atoms with Gasteiger partial charge in [0.25, 0.3) is 0 Å². The molecular weight excluding hydrogens is 498 g/mol. The number of oxime groups is 1. The summed E-state index contributed by atoms with van der Waals surface area (Å²) in [6, 6.07) is 8.47. The van der Waals surface area contributed by atoms with Crippen molar-refractivity contribution in [2.45, 2.75) is 70.3 Å².